The summed E-state index contributed by atoms with van der Waals surface area (Å²) in [4.78, 5) is 28.9. The highest BCUT2D eigenvalue weighted by molar-refractivity contribution is 7.99. The van der Waals surface area contributed by atoms with Gasteiger partial charge in [0.2, 0.25) is 11.8 Å². The maximum Gasteiger partial charge on any atom is 0.243 e. The molecular formula is C29H31Cl3N2O2S. The highest BCUT2D eigenvalue weighted by Crippen LogP contribution is 2.28. The molecule has 4 nitrogen and oxygen atoms in total. The number of rotatable bonds is 12. The molecule has 0 aliphatic carbocycles. The Kier molecular flexibility index (Phi) is 11.7. The second-order valence-electron chi connectivity index (χ2n) is 8.86. The summed E-state index contributed by atoms with van der Waals surface area (Å²) in [7, 11) is 0. The summed E-state index contributed by atoms with van der Waals surface area (Å²) in [5.41, 5.74) is 2.65. The van der Waals surface area contributed by atoms with E-state index in [2.05, 4.69) is 5.32 Å². The summed E-state index contributed by atoms with van der Waals surface area (Å²) < 4.78 is 0. The molecule has 0 saturated carbocycles. The highest BCUT2D eigenvalue weighted by atomic mass is 35.5. The van der Waals surface area contributed by atoms with Crippen molar-refractivity contribution in [2.45, 2.75) is 51.1 Å². The van der Waals surface area contributed by atoms with E-state index in [4.69, 9.17) is 34.8 Å². The van der Waals surface area contributed by atoms with E-state index < -0.39 is 6.04 Å². The van der Waals surface area contributed by atoms with Crippen molar-refractivity contribution in [3.63, 3.8) is 0 Å². The molecule has 2 atom stereocenters. The van der Waals surface area contributed by atoms with E-state index in [1.54, 1.807) is 23.1 Å². The molecular weight excluding hydrogens is 547 g/mol. The van der Waals surface area contributed by atoms with E-state index in [1.165, 1.54) is 11.8 Å². The van der Waals surface area contributed by atoms with E-state index >= 15 is 0 Å². The molecule has 0 heterocycles. The van der Waals surface area contributed by atoms with Crippen LogP contribution in [-0.2, 0) is 28.3 Å². The van der Waals surface area contributed by atoms with Crippen molar-refractivity contribution in [3.05, 3.63) is 105 Å². The van der Waals surface area contributed by atoms with Crippen LogP contribution in [0.5, 0.6) is 0 Å². The number of nitrogens with zero attached hydrogens (tertiary/aromatic N) is 1. The molecule has 0 aliphatic rings. The first-order valence-electron chi connectivity index (χ1n) is 12.2. The molecule has 3 aromatic carbocycles. The van der Waals surface area contributed by atoms with Gasteiger partial charge >= 0.3 is 0 Å². The Labute approximate surface area is 238 Å². The smallest absolute Gasteiger partial charge is 0.243 e. The molecule has 37 heavy (non-hydrogen) atoms. The lowest BCUT2D eigenvalue weighted by atomic mass is 10.0. The predicted octanol–water partition coefficient (Wildman–Crippen LogP) is 7.43. The Morgan fingerprint density at radius 3 is 2.16 bits per heavy atom. The monoisotopic (exact) mass is 576 g/mol. The van der Waals surface area contributed by atoms with E-state index in [0.29, 0.717) is 32.8 Å². The van der Waals surface area contributed by atoms with E-state index in [1.807, 2.05) is 68.4 Å². The van der Waals surface area contributed by atoms with E-state index in [0.717, 1.165) is 17.5 Å². The highest BCUT2D eigenvalue weighted by Gasteiger charge is 2.31. The Balaban J connectivity index is 1.90. The summed E-state index contributed by atoms with van der Waals surface area (Å²) in [6.07, 6.45) is 1.16. The number of benzene rings is 3. The van der Waals surface area contributed by atoms with Crippen LogP contribution in [-0.4, -0.2) is 34.6 Å². The van der Waals surface area contributed by atoms with Crippen LogP contribution in [0, 0.1) is 0 Å². The zero-order valence-corrected chi connectivity index (χ0v) is 24.0. The standard InChI is InChI=1S/C29H31Cl3N2O2S/c1-3-20(2)33-29(36)27(16-21-8-5-4-6-9-21)34(17-24-25(31)10-7-11-26(24)32)28(35)19-37-18-22-12-14-23(30)15-13-22/h4-15,20,27H,3,16-19H2,1-2H3,(H,33,36). The normalized spacial score (nSPS) is 12.6. The minimum atomic E-state index is -0.729. The molecule has 0 bridgehead atoms. The second-order valence-corrected chi connectivity index (χ2v) is 11.1. The molecule has 2 unspecified atom stereocenters. The fraction of sp³-hybridized carbons (Fsp3) is 0.310. The van der Waals surface area contributed by atoms with Gasteiger partial charge in [-0.25, -0.2) is 0 Å². The minimum absolute atomic E-state index is 0.0223. The van der Waals surface area contributed by atoms with Crippen LogP contribution in [0.25, 0.3) is 0 Å². The molecule has 2 amide bonds. The first-order chi connectivity index (χ1) is 17.8. The molecule has 8 heteroatoms. The molecule has 0 aliphatic heterocycles. The number of hydrogen-bond acceptors (Lipinski definition) is 3. The molecule has 0 spiro atoms. The number of hydrogen-bond donors (Lipinski definition) is 1. The number of amides is 2. The molecule has 3 aromatic rings. The van der Waals surface area contributed by atoms with Gasteiger partial charge in [-0.2, -0.15) is 0 Å². The molecule has 0 fully saturated rings. The fourth-order valence-corrected chi connectivity index (χ4v) is 5.28. The number of halogens is 3. The van der Waals surface area contributed by atoms with Crippen molar-refractivity contribution in [2.75, 3.05) is 5.75 Å². The maximum atomic E-state index is 13.7. The van der Waals surface area contributed by atoms with Gasteiger partial charge in [0, 0.05) is 45.4 Å². The van der Waals surface area contributed by atoms with Gasteiger partial charge in [-0.1, -0.05) is 90.3 Å². The van der Waals surface area contributed by atoms with Crippen molar-refractivity contribution < 1.29 is 9.59 Å². The first-order valence-corrected chi connectivity index (χ1v) is 14.5. The van der Waals surface area contributed by atoms with Crippen molar-refractivity contribution in [3.8, 4) is 0 Å². The number of carbonyl (C=O) groups is 2. The lowest BCUT2D eigenvalue weighted by molar-refractivity contribution is -0.139. The van der Waals surface area contributed by atoms with E-state index in [9.17, 15) is 9.59 Å². The van der Waals surface area contributed by atoms with Gasteiger partial charge < -0.3 is 10.2 Å². The van der Waals surface area contributed by atoms with Crippen LogP contribution in [0.1, 0.15) is 37.0 Å². The lowest BCUT2D eigenvalue weighted by Gasteiger charge is -2.32. The van der Waals surface area contributed by atoms with Gasteiger partial charge in [-0.3, -0.25) is 9.59 Å². The fourth-order valence-electron chi connectivity index (χ4n) is 3.77. The second kappa shape index (κ2) is 14.7. The van der Waals surface area contributed by atoms with Gasteiger partial charge in [0.05, 0.1) is 5.75 Å². The summed E-state index contributed by atoms with van der Waals surface area (Å²) >= 11 is 20.5. The van der Waals surface area contributed by atoms with Crippen LogP contribution in [0.4, 0.5) is 0 Å². The topological polar surface area (TPSA) is 49.4 Å². The number of nitrogens with one attached hydrogen (secondary N) is 1. The van der Waals surface area contributed by atoms with Gasteiger partial charge in [-0.05, 0) is 48.7 Å². The third kappa shape index (κ3) is 8.96. The first kappa shape index (κ1) is 29.4. The Morgan fingerprint density at radius 1 is 0.892 bits per heavy atom. The molecule has 1 N–H and O–H groups in total. The predicted molar refractivity (Wildman–Crippen MR) is 156 cm³/mol. The molecule has 0 radical (unpaired) electrons. The van der Waals surface area contributed by atoms with Crippen LogP contribution in [0.3, 0.4) is 0 Å². The van der Waals surface area contributed by atoms with E-state index in [-0.39, 0.29) is 30.2 Å². The van der Waals surface area contributed by atoms with Crippen LogP contribution < -0.4 is 5.32 Å². The number of carbonyl (C=O) groups excluding carboxylic acids is 2. The molecule has 3 rings (SSSR count). The minimum Gasteiger partial charge on any atom is -0.352 e. The van der Waals surface area contributed by atoms with Crippen LogP contribution >= 0.6 is 46.6 Å². The Bertz CT molecular complexity index is 1160. The SMILES string of the molecule is CCC(C)NC(=O)C(Cc1ccccc1)N(Cc1c(Cl)cccc1Cl)C(=O)CSCc1ccc(Cl)cc1. The van der Waals surface area contributed by atoms with Crippen LogP contribution in [0.2, 0.25) is 15.1 Å². The summed E-state index contributed by atoms with van der Waals surface area (Å²) in [6.45, 7) is 4.10. The summed E-state index contributed by atoms with van der Waals surface area (Å²) in [5.74, 6) is 0.492. The van der Waals surface area contributed by atoms with Gasteiger partial charge in [-0.15, -0.1) is 11.8 Å². The average Bonchev–Trinajstić information content (AvgIpc) is 2.89. The average molecular weight is 578 g/mol. The Hall–Kier alpha value is -2.18. The van der Waals surface area contributed by atoms with Crippen molar-refractivity contribution in [1.82, 2.24) is 10.2 Å². The maximum absolute atomic E-state index is 13.7. The largest absolute Gasteiger partial charge is 0.352 e. The van der Waals surface area contributed by atoms with Crippen LogP contribution in [0.15, 0.2) is 72.8 Å². The third-order valence-corrected chi connectivity index (χ3v) is 8.02. The zero-order chi connectivity index (χ0) is 26.8. The Morgan fingerprint density at radius 2 is 1.54 bits per heavy atom. The molecule has 196 valence electrons. The van der Waals surface area contributed by atoms with Gasteiger partial charge in [0.1, 0.15) is 6.04 Å². The third-order valence-electron chi connectivity index (χ3n) is 6.07. The zero-order valence-electron chi connectivity index (χ0n) is 20.9. The van der Waals surface area contributed by atoms with Crippen molar-refractivity contribution in [2.24, 2.45) is 0 Å². The lowest BCUT2D eigenvalue weighted by Crippen LogP contribution is -2.52. The summed E-state index contributed by atoms with van der Waals surface area (Å²) in [6, 6.07) is 21.8. The van der Waals surface area contributed by atoms with Gasteiger partial charge in [0.25, 0.3) is 0 Å². The molecule has 0 saturated heterocycles. The molecule has 0 aromatic heterocycles. The van der Waals surface area contributed by atoms with Crippen molar-refractivity contribution >= 4 is 58.4 Å². The quantitative estimate of drug-likeness (QED) is 0.243. The summed E-state index contributed by atoms with van der Waals surface area (Å²) in [5, 5.41) is 4.66. The number of thioether (sulfide) groups is 1. The van der Waals surface area contributed by atoms with Gasteiger partial charge in [0.15, 0.2) is 0 Å². The van der Waals surface area contributed by atoms with Crippen molar-refractivity contribution in [1.29, 1.82) is 0 Å².